The van der Waals surface area contributed by atoms with Crippen LogP contribution in [0.2, 0.25) is 0 Å². The fraction of sp³-hybridized carbons (Fsp3) is 0.188. The van der Waals surface area contributed by atoms with Crippen molar-refractivity contribution in [3.8, 4) is 5.75 Å². The molecule has 0 spiro atoms. The van der Waals surface area contributed by atoms with Crippen molar-refractivity contribution in [3.05, 3.63) is 58.6 Å². The molecule has 0 aliphatic rings. The second-order valence-corrected chi connectivity index (χ2v) is 5.26. The lowest BCUT2D eigenvalue weighted by atomic mass is 10.1. The van der Waals surface area contributed by atoms with Crippen molar-refractivity contribution in [1.29, 1.82) is 0 Å². The molecule has 110 valence electrons. The van der Waals surface area contributed by atoms with Gasteiger partial charge in [-0.1, -0.05) is 24.3 Å². The van der Waals surface area contributed by atoms with E-state index in [0.29, 0.717) is 17.9 Å². The first-order chi connectivity index (χ1) is 10.1. The van der Waals surface area contributed by atoms with Crippen molar-refractivity contribution in [3.63, 3.8) is 0 Å². The highest BCUT2D eigenvalue weighted by Crippen LogP contribution is 2.28. The summed E-state index contributed by atoms with van der Waals surface area (Å²) in [6, 6.07) is 13.7. The fourth-order valence-electron chi connectivity index (χ4n) is 1.97. The third-order valence-electron chi connectivity index (χ3n) is 2.92. The van der Waals surface area contributed by atoms with Gasteiger partial charge in [0.2, 0.25) is 0 Å². The molecule has 0 aromatic heterocycles. The number of para-hydroxylation sites is 1. The lowest BCUT2D eigenvalue weighted by molar-refractivity contribution is -0.138. The maximum absolute atomic E-state index is 11.6. The Kier molecular flexibility index (Phi) is 5.22. The standard InChI is InChI=1S/C16H16BrNO3/c1-2-21-12-7-5-6-11(10-12)15(16(19)20)18-14-9-4-3-8-13(14)17/h3-10,15,18H,2H2,1H3,(H,19,20). The third kappa shape index (κ3) is 3.98. The van der Waals surface area contributed by atoms with E-state index < -0.39 is 12.0 Å². The molecule has 4 nitrogen and oxygen atoms in total. The molecule has 0 saturated heterocycles. The maximum Gasteiger partial charge on any atom is 0.330 e. The van der Waals surface area contributed by atoms with Gasteiger partial charge in [-0.3, -0.25) is 0 Å². The summed E-state index contributed by atoms with van der Waals surface area (Å²) >= 11 is 3.41. The maximum atomic E-state index is 11.6. The lowest BCUT2D eigenvalue weighted by Gasteiger charge is -2.18. The van der Waals surface area contributed by atoms with Gasteiger partial charge in [0, 0.05) is 10.2 Å². The summed E-state index contributed by atoms with van der Waals surface area (Å²) in [6.07, 6.45) is 0. The van der Waals surface area contributed by atoms with Gasteiger partial charge in [-0.25, -0.2) is 4.79 Å². The van der Waals surface area contributed by atoms with E-state index in [9.17, 15) is 9.90 Å². The van der Waals surface area contributed by atoms with Crippen molar-refractivity contribution in [2.45, 2.75) is 13.0 Å². The minimum Gasteiger partial charge on any atom is -0.494 e. The summed E-state index contributed by atoms with van der Waals surface area (Å²) in [4.78, 5) is 11.6. The molecular formula is C16H16BrNO3. The predicted octanol–water partition coefficient (Wildman–Crippen LogP) is 4.09. The smallest absolute Gasteiger partial charge is 0.330 e. The zero-order chi connectivity index (χ0) is 15.2. The van der Waals surface area contributed by atoms with Crippen LogP contribution in [0.4, 0.5) is 5.69 Å². The fourth-order valence-corrected chi connectivity index (χ4v) is 2.37. The van der Waals surface area contributed by atoms with Crippen LogP contribution in [0.15, 0.2) is 53.0 Å². The number of rotatable bonds is 6. The van der Waals surface area contributed by atoms with Crippen molar-refractivity contribution in [2.24, 2.45) is 0 Å². The van der Waals surface area contributed by atoms with Gasteiger partial charge in [0.05, 0.1) is 6.61 Å². The minimum atomic E-state index is -0.945. The van der Waals surface area contributed by atoms with Gasteiger partial charge in [0.25, 0.3) is 0 Å². The molecule has 0 saturated carbocycles. The van der Waals surface area contributed by atoms with E-state index in [4.69, 9.17) is 4.74 Å². The first-order valence-corrected chi connectivity index (χ1v) is 7.37. The molecule has 5 heteroatoms. The van der Waals surface area contributed by atoms with Gasteiger partial charge in [-0.15, -0.1) is 0 Å². The molecule has 0 aliphatic heterocycles. The van der Waals surface area contributed by atoms with Crippen LogP contribution in [-0.4, -0.2) is 17.7 Å². The number of ether oxygens (including phenoxy) is 1. The molecule has 0 fully saturated rings. The second-order valence-electron chi connectivity index (χ2n) is 4.40. The van der Waals surface area contributed by atoms with Gasteiger partial charge in [-0.05, 0) is 52.7 Å². The van der Waals surface area contributed by atoms with Crippen LogP contribution in [0, 0.1) is 0 Å². The van der Waals surface area contributed by atoms with Crippen LogP contribution in [0.25, 0.3) is 0 Å². The summed E-state index contributed by atoms with van der Waals surface area (Å²) in [6.45, 7) is 2.43. The molecule has 2 aromatic rings. The number of aliphatic carboxylic acids is 1. The number of anilines is 1. The van der Waals surface area contributed by atoms with Crippen molar-refractivity contribution in [1.82, 2.24) is 0 Å². The van der Waals surface area contributed by atoms with Gasteiger partial charge in [-0.2, -0.15) is 0 Å². The highest BCUT2D eigenvalue weighted by molar-refractivity contribution is 9.10. The third-order valence-corrected chi connectivity index (χ3v) is 3.61. The van der Waals surface area contributed by atoms with E-state index in [1.807, 2.05) is 37.3 Å². The van der Waals surface area contributed by atoms with Crippen molar-refractivity contribution in [2.75, 3.05) is 11.9 Å². The van der Waals surface area contributed by atoms with Gasteiger partial charge >= 0.3 is 5.97 Å². The number of halogens is 1. The number of carbonyl (C=O) groups is 1. The number of carboxylic acids is 1. The molecule has 21 heavy (non-hydrogen) atoms. The Morgan fingerprint density at radius 3 is 2.71 bits per heavy atom. The molecular weight excluding hydrogens is 334 g/mol. The Labute approximate surface area is 131 Å². The number of carboxylic acid groups (broad SMARTS) is 1. The molecule has 0 heterocycles. The van der Waals surface area contributed by atoms with Crippen molar-refractivity contribution < 1.29 is 14.6 Å². The average molecular weight is 350 g/mol. The zero-order valence-corrected chi connectivity index (χ0v) is 13.1. The van der Waals surface area contributed by atoms with Crippen LogP contribution in [0.5, 0.6) is 5.75 Å². The molecule has 0 amide bonds. The van der Waals surface area contributed by atoms with E-state index >= 15 is 0 Å². The Morgan fingerprint density at radius 2 is 2.05 bits per heavy atom. The lowest BCUT2D eigenvalue weighted by Crippen LogP contribution is -2.20. The molecule has 1 unspecified atom stereocenters. The predicted molar refractivity (Wildman–Crippen MR) is 85.8 cm³/mol. The summed E-state index contributed by atoms with van der Waals surface area (Å²) in [7, 11) is 0. The first kappa shape index (κ1) is 15.4. The normalized spacial score (nSPS) is 11.7. The largest absolute Gasteiger partial charge is 0.494 e. The van der Waals surface area contributed by atoms with Crippen LogP contribution in [0.3, 0.4) is 0 Å². The monoisotopic (exact) mass is 349 g/mol. The van der Waals surface area contributed by atoms with Gasteiger partial charge in [0.15, 0.2) is 6.04 Å². The summed E-state index contributed by atoms with van der Waals surface area (Å²) in [5.41, 5.74) is 1.37. The molecule has 0 aliphatic carbocycles. The molecule has 2 N–H and O–H groups in total. The Bertz CT molecular complexity index is 630. The number of hydrogen-bond acceptors (Lipinski definition) is 3. The quantitative estimate of drug-likeness (QED) is 0.824. The van der Waals surface area contributed by atoms with E-state index in [-0.39, 0.29) is 0 Å². The van der Waals surface area contributed by atoms with Gasteiger partial charge in [0.1, 0.15) is 5.75 Å². The Morgan fingerprint density at radius 1 is 1.29 bits per heavy atom. The van der Waals surface area contributed by atoms with E-state index in [1.54, 1.807) is 18.2 Å². The second kappa shape index (κ2) is 7.13. The molecule has 0 bridgehead atoms. The zero-order valence-electron chi connectivity index (χ0n) is 11.5. The summed E-state index contributed by atoms with van der Waals surface area (Å²) in [5, 5.41) is 12.5. The highest BCUT2D eigenvalue weighted by Gasteiger charge is 2.20. The molecule has 0 radical (unpaired) electrons. The molecule has 1 atom stereocenters. The number of benzene rings is 2. The van der Waals surface area contributed by atoms with Crippen molar-refractivity contribution >= 4 is 27.6 Å². The van der Waals surface area contributed by atoms with Gasteiger partial charge < -0.3 is 15.2 Å². The average Bonchev–Trinajstić information content (AvgIpc) is 2.46. The highest BCUT2D eigenvalue weighted by atomic mass is 79.9. The van der Waals surface area contributed by atoms with Crippen LogP contribution >= 0.6 is 15.9 Å². The summed E-state index contributed by atoms with van der Waals surface area (Å²) in [5.74, 6) is -0.283. The SMILES string of the molecule is CCOc1cccc(C(Nc2ccccc2Br)C(=O)O)c1. The Hall–Kier alpha value is -2.01. The Balaban J connectivity index is 2.29. The van der Waals surface area contributed by atoms with E-state index in [1.165, 1.54) is 0 Å². The topological polar surface area (TPSA) is 58.6 Å². The van der Waals surface area contributed by atoms with E-state index in [0.717, 1.165) is 10.2 Å². The van der Waals surface area contributed by atoms with E-state index in [2.05, 4.69) is 21.2 Å². The first-order valence-electron chi connectivity index (χ1n) is 6.58. The summed E-state index contributed by atoms with van der Waals surface area (Å²) < 4.78 is 6.24. The molecule has 2 rings (SSSR count). The van der Waals surface area contributed by atoms with Crippen LogP contribution in [-0.2, 0) is 4.79 Å². The minimum absolute atomic E-state index is 0.541. The number of hydrogen-bond donors (Lipinski definition) is 2. The number of nitrogens with one attached hydrogen (secondary N) is 1. The van der Waals surface area contributed by atoms with Crippen LogP contribution in [0.1, 0.15) is 18.5 Å². The van der Waals surface area contributed by atoms with Crippen LogP contribution < -0.4 is 10.1 Å². The molecule has 2 aromatic carbocycles.